The summed E-state index contributed by atoms with van der Waals surface area (Å²) >= 11 is 0. The molecule has 0 saturated carbocycles. The summed E-state index contributed by atoms with van der Waals surface area (Å²) in [6.45, 7) is 19.0. The number of hydrogen-bond donors (Lipinski definition) is 1. The van der Waals surface area contributed by atoms with Gasteiger partial charge in [0.2, 0.25) is 0 Å². The van der Waals surface area contributed by atoms with Gasteiger partial charge in [-0.1, -0.05) is 34.6 Å². The topological polar surface area (TPSA) is 63.6 Å². The van der Waals surface area contributed by atoms with E-state index >= 15 is 0 Å². The lowest BCUT2D eigenvalue weighted by atomic mass is 9.88. The van der Waals surface area contributed by atoms with E-state index in [-0.39, 0.29) is 16.9 Å². The molecule has 0 saturated heterocycles. The molecule has 2 heterocycles. The predicted molar refractivity (Wildman–Crippen MR) is 105 cm³/mol. The first-order chi connectivity index (χ1) is 11.3. The van der Waals surface area contributed by atoms with Crippen molar-refractivity contribution in [3.05, 3.63) is 23.5 Å². The molecule has 0 aromatic carbocycles. The second-order valence-corrected chi connectivity index (χ2v) is 13.7. The Bertz CT molecular complexity index is 720. The summed E-state index contributed by atoms with van der Waals surface area (Å²) in [6, 6.07) is 1.99. The molecule has 0 aliphatic carbocycles. The van der Waals surface area contributed by atoms with Crippen LogP contribution in [0.25, 0.3) is 0 Å². The van der Waals surface area contributed by atoms with E-state index < -0.39 is 13.9 Å². The van der Waals surface area contributed by atoms with E-state index in [1.165, 1.54) is 0 Å². The van der Waals surface area contributed by atoms with Crippen molar-refractivity contribution < 1.29 is 9.22 Å². The summed E-state index contributed by atoms with van der Waals surface area (Å²) in [7, 11) is -1.91. The highest BCUT2D eigenvalue weighted by atomic mass is 28.4. The lowest BCUT2D eigenvalue weighted by molar-refractivity contribution is -0.123. The summed E-state index contributed by atoms with van der Waals surface area (Å²) in [5, 5.41) is 3.40. The number of carbonyl (C=O) groups excluding carboxylic acids is 1. The SMILES string of the molecule is Cc1cc(O[Si](C)(C)C(C)(C)C)cnc1C1=NC(=O)C(C)(C(C)C)N1. The monoisotopic (exact) mass is 361 g/mol. The Labute approximate surface area is 152 Å². The zero-order valence-electron chi connectivity index (χ0n) is 16.9. The van der Waals surface area contributed by atoms with Crippen LogP contribution in [0, 0.1) is 12.8 Å². The van der Waals surface area contributed by atoms with Gasteiger partial charge in [0.05, 0.1) is 6.20 Å². The molecule has 1 unspecified atom stereocenters. The van der Waals surface area contributed by atoms with Crippen molar-refractivity contribution in [2.75, 3.05) is 0 Å². The van der Waals surface area contributed by atoms with Crippen LogP contribution in [0.1, 0.15) is 52.8 Å². The number of amidine groups is 1. The van der Waals surface area contributed by atoms with Crippen LogP contribution in [-0.2, 0) is 4.79 Å². The van der Waals surface area contributed by atoms with E-state index in [0.717, 1.165) is 11.3 Å². The van der Waals surface area contributed by atoms with Crippen molar-refractivity contribution in [2.24, 2.45) is 10.9 Å². The second kappa shape index (κ2) is 6.23. The zero-order chi connectivity index (χ0) is 19.2. The van der Waals surface area contributed by atoms with Crippen molar-refractivity contribution in [3.63, 3.8) is 0 Å². The summed E-state index contributed by atoms with van der Waals surface area (Å²) < 4.78 is 6.31. The average Bonchev–Trinajstić information content (AvgIpc) is 2.74. The molecule has 138 valence electrons. The number of hydrogen-bond acceptors (Lipinski definition) is 4. The molecule has 25 heavy (non-hydrogen) atoms. The molecular formula is C19H31N3O2Si. The number of amides is 1. The van der Waals surface area contributed by atoms with Gasteiger partial charge >= 0.3 is 0 Å². The van der Waals surface area contributed by atoms with Crippen LogP contribution in [0.2, 0.25) is 18.1 Å². The third-order valence-corrected chi connectivity index (χ3v) is 10.0. The summed E-state index contributed by atoms with van der Waals surface area (Å²) in [5.41, 5.74) is 0.989. The van der Waals surface area contributed by atoms with Crippen molar-refractivity contribution in [3.8, 4) is 5.75 Å². The van der Waals surface area contributed by atoms with Gasteiger partial charge < -0.3 is 9.74 Å². The summed E-state index contributed by atoms with van der Waals surface area (Å²) in [5.74, 6) is 1.34. The third-order valence-electron chi connectivity index (χ3n) is 5.65. The van der Waals surface area contributed by atoms with Crippen LogP contribution < -0.4 is 9.74 Å². The van der Waals surface area contributed by atoms with E-state index in [1.54, 1.807) is 6.20 Å². The highest BCUT2D eigenvalue weighted by Crippen LogP contribution is 2.37. The van der Waals surface area contributed by atoms with Crippen molar-refractivity contribution in [2.45, 2.75) is 72.1 Å². The quantitative estimate of drug-likeness (QED) is 0.821. The van der Waals surface area contributed by atoms with E-state index in [2.05, 4.69) is 49.2 Å². The van der Waals surface area contributed by atoms with Gasteiger partial charge in [0.1, 0.15) is 17.0 Å². The first-order valence-corrected chi connectivity index (χ1v) is 11.8. The normalized spacial score (nSPS) is 21.4. The maximum atomic E-state index is 12.3. The fourth-order valence-electron chi connectivity index (χ4n) is 2.35. The van der Waals surface area contributed by atoms with Crippen LogP contribution in [0.5, 0.6) is 5.75 Å². The number of pyridine rings is 1. The lowest BCUT2D eigenvalue weighted by Crippen LogP contribution is -2.50. The molecule has 5 nitrogen and oxygen atoms in total. The Morgan fingerprint density at radius 2 is 1.88 bits per heavy atom. The molecular weight excluding hydrogens is 330 g/mol. The van der Waals surface area contributed by atoms with Gasteiger partial charge in [-0.2, -0.15) is 4.99 Å². The number of carbonyl (C=O) groups is 1. The van der Waals surface area contributed by atoms with Crippen LogP contribution in [0.3, 0.4) is 0 Å². The molecule has 0 spiro atoms. The van der Waals surface area contributed by atoms with Crippen LogP contribution in [-0.4, -0.2) is 30.6 Å². The standard InChI is InChI=1S/C19H31N3O2Si/c1-12(2)19(7)17(23)21-16(22-19)15-13(3)10-14(11-20-15)24-25(8,9)18(4,5)6/h10-12H,1-9H3,(H,21,22,23). The van der Waals surface area contributed by atoms with Crippen molar-refractivity contribution >= 4 is 20.1 Å². The van der Waals surface area contributed by atoms with E-state index in [0.29, 0.717) is 11.5 Å². The molecule has 1 atom stereocenters. The Hall–Kier alpha value is -1.69. The fourth-order valence-corrected chi connectivity index (χ4v) is 3.36. The fraction of sp³-hybridized carbons (Fsp3) is 0.632. The van der Waals surface area contributed by atoms with Gasteiger partial charge in [0, 0.05) is 0 Å². The highest BCUT2D eigenvalue weighted by molar-refractivity contribution is 6.74. The minimum Gasteiger partial charge on any atom is -0.542 e. The van der Waals surface area contributed by atoms with Gasteiger partial charge in [0.15, 0.2) is 5.84 Å². The Kier molecular flexibility index (Phi) is 4.89. The molecule has 0 bridgehead atoms. The Balaban J connectivity index is 2.27. The molecule has 1 N–H and O–H groups in total. The molecule has 1 aliphatic heterocycles. The van der Waals surface area contributed by atoms with E-state index in [1.807, 2.05) is 33.8 Å². The molecule has 6 heteroatoms. The Morgan fingerprint density at radius 3 is 2.32 bits per heavy atom. The first-order valence-electron chi connectivity index (χ1n) is 8.85. The van der Waals surface area contributed by atoms with Gasteiger partial charge in [-0.25, -0.2) is 4.98 Å². The third kappa shape index (κ3) is 3.63. The predicted octanol–water partition coefficient (Wildman–Crippen LogP) is 4.07. The number of nitrogens with zero attached hydrogens (tertiary/aromatic N) is 2. The largest absolute Gasteiger partial charge is 0.542 e. The maximum absolute atomic E-state index is 12.3. The molecule has 1 amide bonds. The zero-order valence-corrected chi connectivity index (χ0v) is 17.9. The van der Waals surface area contributed by atoms with Gasteiger partial charge in [0.25, 0.3) is 14.2 Å². The smallest absolute Gasteiger partial charge is 0.273 e. The maximum Gasteiger partial charge on any atom is 0.273 e. The summed E-state index contributed by atoms with van der Waals surface area (Å²) in [4.78, 5) is 21.0. The minimum absolute atomic E-state index is 0.127. The average molecular weight is 362 g/mol. The number of nitrogens with one attached hydrogen (secondary N) is 1. The van der Waals surface area contributed by atoms with Crippen LogP contribution >= 0.6 is 0 Å². The number of aromatic nitrogens is 1. The number of aryl methyl sites for hydroxylation is 1. The van der Waals surface area contributed by atoms with E-state index in [4.69, 9.17) is 4.43 Å². The van der Waals surface area contributed by atoms with Gasteiger partial charge in [-0.05, 0) is 49.5 Å². The molecule has 1 aromatic heterocycles. The molecule has 1 aromatic rings. The Morgan fingerprint density at radius 1 is 1.28 bits per heavy atom. The lowest BCUT2D eigenvalue weighted by Gasteiger charge is -2.36. The van der Waals surface area contributed by atoms with E-state index in [9.17, 15) is 4.79 Å². The second-order valence-electron chi connectivity index (χ2n) is 8.95. The van der Waals surface area contributed by atoms with Crippen molar-refractivity contribution in [1.29, 1.82) is 0 Å². The summed E-state index contributed by atoms with van der Waals surface area (Å²) in [6.07, 6.45) is 1.74. The first kappa shape index (κ1) is 19.6. The number of aliphatic imine (C=N–C) groups is 1. The van der Waals surface area contributed by atoms with Crippen molar-refractivity contribution in [1.82, 2.24) is 10.3 Å². The van der Waals surface area contributed by atoms with Gasteiger partial charge in [-0.15, -0.1) is 0 Å². The minimum atomic E-state index is -1.91. The molecule has 1 aliphatic rings. The molecule has 2 rings (SSSR count). The highest BCUT2D eigenvalue weighted by Gasteiger charge is 2.43. The molecule has 0 fully saturated rings. The molecule has 0 radical (unpaired) electrons. The van der Waals surface area contributed by atoms with Crippen LogP contribution in [0.4, 0.5) is 0 Å². The van der Waals surface area contributed by atoms with Crippen LogP contribution in [0.15, 0.2) is 17.3 Å². The van der Waals surface area contributed by atoms with Gasteiger partial charge in [-0.3, -0.25) is 4.79 Å². The number of rotatable bonds is 4.